The molecule has 0 unspecified atom stereocenters. The maximum atomic E-state index is 12.7. The van der Waals surface area contributed by atoms with Crippen LogP contribution in [0.5, 0.6) is 0 Å². The van der Waals surface area contributed by atoms with E-state index < -0.39 is 0 Å². The van der Waals surface area contributed by atoms with E-state index in [1.807, 2.05) is 0 Å². The lowest BCUT2D eigenvalue weighted by atomic mass is 10.1. The second-order valence-corrected chi connectivity index (χ2v) is 6.86. The standard InChI is InChI=1S/C19H22N2O4/c22-15-6-3-5-14(15)20-8-10-21(11-9-20)19(24)18-12-16(23)13-4-1-2-7-17(13)25-18/h1-2,4,7,12,14-15,22H,3,5-6,8-11H2/t14-,15-/m1/s1. The topological polar surface area (TPSA) is 74.0 Å². The average Bonchev–Trinajstić information content (AvgIpc) is 3.07. The van der Waals surface area contributed by atoms with Crippen molar-refractivity contribution in [3.63, 3.8) is 0 Å². The molecule has 0 bridgehead atoms. The Morgan fingerprint density at radius 3 is 2.60 bits per heavy atom. The number of benzene rings is 1. The summed E-state index contributed by atoms with van der Waals surface area (Å²) >= 11 is 0. The zero-order valence-corrected chi connectivity index (χ0v) is 14.1. The van der Waals surface area contributed by atoms with E-state index in [-0.39, 0.29) is 29.2 Å². The van der Waals surface area contributed by atoms with Gasteiger partial charge >= 0.3 is 0 Å². The highest BCUT2D eigenvalue weighted by Gasteiger charge is 2.33. The van der Waals surface area contributed by atoms with Gasteiger partial charge in [-0.1, -0.05) is 12.1 Å². The van der Waals surface area contributed by atoms with Gasteiger partial charge in [-0.05, 0) is 31.4 Å². The van der Waals surface area contributed by atoms with Gasteiger partial charge in [-0.15, -0.1) is 0 Å². The van der Waals surface area contributed by atoms with E-state index in [2.05, 4.69) is 4.90 Å². The van der Waals surface area contributed by atoms with Gasteiger partial charge in [0.1, 0.15) is 5.58 Å². The summed E-state index contributed by atoms with van der Waals surface area (Å²) in [5.74, 6) is -0.146. The van der Waals surface area contributed by atoms with Gasteiger partial charge in [0.15, 0.2) is 11.2 Å². The fourth-order valence-electron chi connectivity index (χ4n) is 3.97. The lowest BCUT2D eigenvalue weighted by molar-refractivity contribution is 0.0302. The van der Waals surface area contributed by atoms with Crippen molar-refractivity contribution in [1.29, 1.82) is 0 Å². The van der Waals surface area contributed by atoms with Crippen LogP contribution in [0.25, 0.3) is 11.0 Å². The molecule has 2 fully saturated rings. The Kier molecular flexibility index (Phi) is 4.31. The van der Waals surface area contributed by atoms with Crippen LogP contribution in [-0.2, 0) is 0 Å². The molecular formula is C19H22N2O4. The van der Waals surface area contributed by atoms with E-state index in [0.29, 0.717) is 24.1 Å². The first-order valence-corrected chi connectivity index (χ1v) is 8.88. The molecule has 2 aliphatic rings. The van der Waals surface area contributed by atoms with Crippen LogP contribution in [0, 0.1) is 0 Å². The minimum absolute atomic E-state index is 0.0954. The summed E-state index contributed by atoms with van der Waals surface area (Å²) in [7, 11) is 0. The summed E-state index contributed by atoms with van der Waals surface area (Å²) in [6.07, 6.45) is 2.70. The zero-order chi connectivity index (χ0) is 17.4. The van der Waals surface area contributed by atoms with E-state index in [1.54, 1.807) is 29.2 Å². The van der Waals surface area contributed by atoms with Gasteiger partial charge in [-0.3, -0.25) is 14.5 Å². The van der Waals surface area contributed by atoms with Gasteiger partial charge < -0.3 is 14.4 Å². The normalized spacial score (nSPS) is 24.8. The highest BCUT2D eigenvalue weighted by Crippen LogP contribution is 2.25. The molecule has 25 heavy (non-hydrogen) atoms. The van der Waals surface area contributed by atoms with E-state index in [4.69, 9.17) is 4.42 Å². The number of fused-ring (bicyclic) bond motifs is 1. The number of nitrogens with zero attached hydrogens (tertiary/aromatic N) is 2. The second kappa shape index (κ2) is 6.61. The third kappa shape index (κ3) is 3.07. The lowest BCUT2D eigenvalue weighted by Crippen LogP contribution is -2.53. The van der Waals surface area contributed by atoms with Crippen LogP contribution in [0.1, 0.15) is 29.8 Å². The fraction of sp³-hybridized carbons (Fsp3) is 0.474. The van der Waals surface area contributed by atoms with Crippen molar-refractivity contribution in [3.8, 4) is 0 Å². The molecule has 1 N–H and O–H groups in total. The number of rotatable bonds is 2. The summed E-state index contributed by atoms with van der Waals surface area (Å²) in [5, 5.41) is 10.5. The van der Waals surface area contributed by atoms with E-state index >= 15 is 0 Å². The second-order valence-electron chi connectivity index (χ2n) is 6.86. The molecular weight excluding hydrogens is 320 g/mol. The number of carbonyl (C=O) groups excluding carboxylic acids is 1. The van der Waals surface area contributed by atoms with E-state index in [0.717, 1.165) is 32.4 Å². The largest absolute Gasteiger partial charge is 0.451 e. The van der Waals surface area contributed by atoms with Crippen LogP contribution in [0.15, 0.2) is 39.5 Å². The molecule has 6 nitrogen and oxygen atoms in total. The summed E-state index contributed by atoms with van der Waals surface area (Å²) < 4.78 is 5.66. The quantitative estimate of drug-likeness (QED) is 0.894. The molecule has 6 heteroatoms. The number of hydrogen-bond acceptors (Lipinski definition) is 5. The number of piperazine rings is 1. The predicted octanol–water partition coefficient (Wildman–Crippen LogP) is 1.46. The first kappa shape index (κ1) is 16.3. The summed E-state index contributed by atoms with van der Waals surface area (Å²) in [6.45, 7) is 2.65. The smallest absolute Gasteiger partial charge is 0.289 e. The summed E-state index contributed by atoms with van der Waals surface area (Å²) in [5.41, 5.74) is 0.240. The number of amides is 1. The van der Waals surface area contributed by atoms with Crippen LogP contribution in [0.3, 0.4) is 0 Å². The molecule has 1 aromatic heterocycles. The molecule has 1 aliphatic heterocycles. The van der Waals surface area contributed by atoms with Gasteiger partial charge in [0.25, 0.3) is 5.91 Å². The Balaban J connectivity index is 1.48. The zero-order valence-electron chi connectivity index (χ0n) is 14.1. The highest BCUT2D eigenvalue weighted by molar-refractivity contribution is 5.93. The molecule has 1 saturated heterocycles. The SMILES string of the molecule is O=C(c1cc(=O)c2ccccc2o1)N1CCN([C@@H]2CCC[C@H]2O)CC1. The number of aliphatic hydroxyl groups is 1. The molecule has 2 aromatic rings. The molecule has 2 heterocycles. The molecule has 1 saturated carbocycles. The molecule has 1 aromatic carbocycles. The van der Waals surface area contributed by atoms with Gasteiger partial charge in [0.2, 0.25) is 0 Å². The van der Waals surface area contributed by atoms with Crippen LogP contribution >= 0.6 is 0 Å². The Hall–Kier alpha value is -2.18. The number of aliphatic hydroxyl groups excluding tert-OH is 1. The lowest BCUT2D eigenvalue weighted by Gasteiger charge is -2.38. The minimum atomic E-state index is -0.249. The first-order valence-electron chi connectivity index (χ1n) is 8.88. The number of para-hydroxylation sites is 1. The monoisotopic (exact) mass is 342 g/mol. The van der Waals surface area contributed by atoms with Crippen molar-refractivity contribution in [3.05, 3.63) is 46.3 Å². The molecule has 4 rings (SSSR count). The van der Waals surface area contributed by atoms with E-state index in [1.165, 1.54) is 6.07 Å². The first-order chi connectivity index (χ1) is 12.1. The highest BCUT2D eigenvalue weighted by atomic mass is 16.3. The van der Waals surface area contributed by atoms with E-state index in [9.17, 15) is 14.7 Å². The van der Waals surface area contributed by atoms with Crippen LogP contribution < -0.4 is 5.43 Å². The van der Waals surface area contributed by atoms with Crippen molar-refractivity contribution in [1.82, 2.24) is 9.80 Å². The molecule has 0 radical (unpaired) electrons. The van der Waals surface area contributed by atoms with Crippen molar-refractivity contribution in [2.75, 3.05) is 26.2 Å². The molecule has 0 spiro atoms. The molecule has 1 amide bonds. The fourth-order valence-corrected chi connectivity index (χ4v) is 3.97. The molecule has 2 atom stereocenters. The average molecular weight is 342 g/mol. The number of carbonyl (C=O) groups is 1. The van der Waals surface area contributed by atoms with Crippen molar-refractivity contribution >= 4 is 16.9 Å². The van der Waals surface area contributed by atoms with Crippen LogP contribution in [0.2, 0.25) is 0 Å². The maximum Gasteiger partial charge on any atom is 0.289 e. The van der Waals surface area contributed by atoms with Crippen molar-refractivity contribution < 1.29 is 14.3 Å². The Morgan fingerprint density at radius 2 is 1.88 bits per heavy atom. The van der Waals surface area contributed by atoms with Gasteiger partial charge in [-0.25, -0.2) is 0 Å². The Labute approximate surface area is 145 Å². The third-order valence-corrected chi connectivity index (χ3v) is 5.36. The Morgan fingerprint density at radius 1 is 1.12 bits per heavy atom. The molecule has 132 valence electrons. The van der Waals surface area contributed by atoms with Crippen LogP contribution in [-0.4, -0.2) is 59.1 Å². The van der Waals surface area contributed by atoms with Gasteiger partial charge in [-0.2, -0.15) is 0 Å². The van der Waals surface area contributed by atoms with Gasteiger partial charge in [0.05, 0.1) is 11.5 Å². The van der Waals surface area contributed by atoms with Crippen LogP contribution in [0.4, 0.5) is 0 Å². The summed E-state index contributed by atoms with van der Waals surface area (Å²) in [4.78, 5) is 28.9. The third-order valence-electron chi connectivity index (χ3n) is 5.36. The van der Waals surface area contributed by atoms with Crippen molar-refractivity contribution in [2.45, 2.75) is 31.4 Å². The minimum Gasteiger partial charge on any atom is -0.451 e. The van der Waals surface area contributed by atoms with Gasteiger partial charge in [0, 0.05) is 38.3 Å². The molecule has 1 aliphatic carbocycles. The number of hydrogen-bond donors (Lipinski definition) is 1. The summed E-state index contributed by atoms with van der Waals surface area (Å²) in [6, 6.07) is 8.46. The van der Waals surface area contributed by atoms with Crippen molar-refractivity contribution in [2.24, 2.45) is 0 Å². The maximum absolute atomic E-state index is 12.7. The predicted molar refractivity (Wildman–Crippen MR) is 93.6 cm³/mol. The Bertz CT molecular complexity index is 839.